The number of aromatic nitrogens is 3. The molecule has 0 fully saturated rings. The summed E-state index contributed by atoms with van der Waals surface area (Å²) in [6.45, 7) is 0.850. The normalized spacial score (nSPS) is 14.1. The van der Waals surface area contributed by atoms with E-state index in [-0.39, 0.29) is 0 Å². The number of hydrogen-bond acceptors (Lipinski definition) is 2. The number of nitrogens with zero attached hydrogens (tertiary/aromatic N) is 3. The van der Waals surface area contributed by atoms with E-state index in [9.17, 15) is 0 Å². The van der Waals surface area contributed by atoms with Gasteiger partial charge in [-0.25, -0.2) is 4.68 Å². The third-order valence-corrected chi connectivity index (χ3v) is 2.92. The minimum Gasteiger partial charge on any atom is -0.245 e. The van der Waals surface area contributed by atoms with Gasteiger partial charge in [-0.2, -0.15) is 0 Å². The minimum atomic E-state index is 0.850. The maximum absolute atomic E-state index is 4.21. The van der Waals surface area contributed by atoms with Crippen molar-refractivity contribution in [1.82, 2.24) is 15.0 Å². The summed E-state index contributed by atoms with van der Waals surface area (Å²) < 4.78 is 2.04. The first-order chi connectivity index (χ1) is 7.43. The summed E-state index contributed by atoms with van der Waals surface area (Å²) in [6, 6.07) is 10.4. The number of rotatable bonds is 2. The zero-order valence-corrected chi connectivity index (χ0v) is 8.56. The van der Waals surface area contributed by atoms with Gasteiger partial charge in [0.05, 0.1) is 17.9 Å². The standard InChI is InChI=1S/C12H13N3/c1-2-5-10(6-3-1)9-15-12-8-4-7-11(12)13-14-15/h1-3,5-6H,4,7-9H2. The lowest BCUT2D eigenvalue weighted by atomic mass is 10.2. The molecule has 0 amide bonds. The minimum absolute atomic E-state index is 0.850. The molecule has 1 aliphatic carbocycles. The molecule has 0 saturated carbocycles. The van der Waals surface area contributed by atoms with Gasteiger partial charge in [0.15, 0.2) is 0 Å². The summed E-state index contributed by atoms with van der Waals surface area (Å²) in [5, 5.41) is 8.41. The van der Waals surface area contributed by atoms with E-state index in [4.69, 9.17) is 0 Å². The van der Waals surface area contributed by atoms with Gasteiger partial charge in [-0.1, -0.05) is 35.5 Å². The second-order valence-corrected chi connectivity index (χ2v) is 3.98. The fourth-order valence-electron chi connectivity index (χ4n) is 2.14. The van der Waals surface area contributed by atoms with Crippen molar-refractivity contribution in [1.29, 1.82) is 0 Å². The number of hydrogen-bond donors (Lipinski definition) is 0. The summed E-state index contributed by atoms with van der Waals surface area (Å²) >= 11 is 0. The van der Waals surface area contributed by atoms with Crippen LogP contribution < -0.4 is 0 Å². The van der Waals surface area contributed by atoms with Gasteiger partial charge in [-0.3, -0.25) is 0 Å². The number of benzene rings is 1. The maximum atomic E-state index is 4.21. The van der Waals surface area contributed by atoms with E-state index in [1.54, 1.807) is 0 Å². The molecule has 3 heteroatoms. The average Bonchev–Trinajstić information content (AvgIpc) is 2.85. The van der Waals surface area contributed by atoms with E-state index in [2.05, 4.69) is 34.6 Å². The van der Waals surface area contributed by atoms with Gasteiger partial charge in [-0.05, 0) is 24.8 Å². The summed E-state index contributed by atoms with van der Waals surface area (Å²) in [4.78, 5) is 0. The third kappa shape index (κ3) is 1.54. The lowest BCUT2D eigenvalue weighted by molar-refractivity contribution is 0.611. The molecule has 0 unspecified atom stereocenters. The highest BCUT2D eigenvalue weighted by Gasteiger charge is 2.18. The number of fused-ring (bicyclic) bond motifs is 1. The molecule has 0 spiro atoms. The summed E-state index contributed by atoms with van der Waals surface area (Å²) in [6.07, 6.45) is 3.47. The molecule has 1 aliphatic rings. The monoisotopic (exact) mass is 199 g/mol. The van der Waals surface area contributed by atoms with Gasteiger partial charge < -0.3 is 0 Å². The van der Waals surface area contributed by atoms with Gasteiger partial charge in [-0.15, -0.1) is 5.10 Å². The third-order valence-electron chi connectivity index (χ3n) is 2.92. The Morgan fingerprint density at radius 3 is 2.87 bits per heavy atom. The molecule has 0 N–H and O–H groups in total. The second-order valence-electron chi connectivity index (χ2n) is 3.98. The summed E-state index contributed by atoms with van der Waals surface area (Å²) in [5.74, 6) is 0. The topological polar surface area (TPSA) is 30.7 Å². The molecule has 0 atom stereocenters. The van der Waals surface area contributed by atoms with E-state index >= 15 is 0 Å². The predicted molar refractivity (Wildman–Crippen MR) is 57.6 cm³/mol. The SMILES string of the molecule is c1ccc(Cn2nnc3c2CCC3)cc1. The molecule has 3 rings (SSSR count). The van der Waals surface area contributed by atoms with Crippen LogP contribution in [0.5, 0.6) is 0 Å². The van der Waals surface area contributed by atoms with Crippen molar-refractivity contribution < 1.29 is 0 Å². The van der Waals surface area contributed by atoms with Gasteiger partial charge in [0.25, 0.3) is 0 Å². The molecule has 3 nitrogen and oxygen atoms in total. The molecule has 0 bridgehead atoms. The first kappa shape index (κ1) is 8.65. The largest absolute Gasteiger partial charge is 0.245 e. The highest BCUT2D eigenvalue weighted by atomic mass is 15.4. The molecular formula is C12H13N3. The van der Waals surface area contributed by atoms with Crippen LogP contribution in [0.4, 0.5) is 0 Å². The Morgan fingerprint density at radius 2 is 2.00 bits per heavy atom. The van der Waals surface area contributed by atoms with Crippen LogP contribution in [-0.4, -0.2) is 15.0 Å². The zero-order chi connectivity index (χ0) is 10.1. The Balaban J connectivity index is 1.89. The van der Waals surface area contributed by atoms with Gasteiger partial charge in [0.1, 0.15) is 0 Å². The molecule has 2 aromatic rings. The number of aryl methyl sites for hydroxylation is 1. The highest BCUT2D eigenvalue weighted by molar-refractivity contribution is 5.19. The van der Waals surface area contributed by atoms with Crippen molar-refractivity contribution >= 4 is 0 Å². The Labute approximate surface area is 88.7 Å². The predicted octanol–water partition coefficient (Wildman–Crippen LogP) is 1.82. The van der Waals surface area contributed by atoms with E-state index in [1.807, 2.05) is 10.7 Å². The molecule has 76 valence electrons. The van der Waals surface area contributed by atoms with Gasteiger partial charge in [0.2, 0.25) is 0 Å². The summed E-state index contributed by atoms with van der Waals surface area (Å²) in [5.41, 5.74) is 3.82. The average molecular weight is 199 g/mol. The van der Waals surface area contributed by atoms with Crippen molar-refractivity contribution in [2.75, 3.05) is 0 Å². The van der Waals surface area contributed by atoms with Crippen LogP contribution in [-0.2, 0) is 19.4 Å². The molecule has 0 saturated heterocycles. The smallest absolute Gasteiger partial charge is 0.0859 e. The maximum Gasteiger partial charge on any atom is 0.0859 e. The second kappa shape index (κ2) is 3.50. The van der Waals surface area contributed by atoms with E-state index in [0.29, 0.717) is 0 Å². The quantitative estimate of drug-likeness (QED) is 0.738. The zero-order valence-electron chi connectivity index (χ0n) is 8.56. The van der Waals surface area contributed by atoms with E-state index in [1.165, 1.54) is 23.4 Å². The van der Waals surface area contributed by atoms with Crippen molar-refractivity contribution in [3.63, 3.8) is 0 Å². The first-order valence-electron chi connectivity index (χ1n) is 5.38. The first-order valence-corrected chi connectivity index (χ1v) is 5.38. The van der Waals surface area contributed by atoms with Crippen LogP contribution >= 0.6 is 0 Å². The molecule has 15 heavy (non-hydrogen) atoms. The van der Waals surface area contributed by atoms with Gasteiger partial charge >= 0.3 is 0 Å². The molecule has 1 aromatic carbocycles. The molecule has 0 radical (unpaired) electrons. The molecule has 1 heterocycles. The molecule has 1 aromatic heterocycles. The Kier molecular flexibility index (Phi) is 2.02. The van der Waals surface area contributed by atoms with Crippen molar-refractivity contribution in [3.8, 4) is 0 Å². The van der Waals surface area contributed by atoms with Crippen molar-refractivity contribution in [3.05, 3.63) is 47.3 Å². The van der Waals surface area contributed by atoms with Crippen LogP contribution in [0.1, 0.15) is 23.4 Å². The van der Waals surface area contributed by atoms with Gasteiger partial charge in [0, 0.05) is 0 Å². The fourth-order valence-corrected chi connectivity index (χ4v) is 2.14. The van der Waals surface area contributed by atoms with E-state index in [0.717, 1.165) is 19.4 Å². The van der Waals surface area contributed by atoms with Crippen LogP contribution in [0.3, 0.4) is 0 Å². The van der Waals surface area contributed by atoms with Crippen LogP contribution in [0, 0.1) is 0 Å². The van der Waals surface area contributed by atoms with Crippen molar-refractivity contribution in [2.45, 2.75) is 25.8 Å². The Hall–Kier alpha value is -1.64. The summed E-state index contributed by atoms with van der Waals surface area (Å²) in [7, 11) is 0. The molecule has 0 aliphatic heterocycles. The Bertz CT molecular complexity index is 459. The lowest BCUT2D eigenvalue weighted by Gasteiger charge is -2.03. The highest BCUT2D eigenvalue weighted by Crippen LogP contribution is 2.19. The van der Waals surface area contributed by atoms with Crippen LogP contribution in [0.15, 0.2) is 30.3 Å². The lowest BCUT2D eigenvalue weighted by Crippen LogP contribution is -2.05. The fraction of sp³-hybridized carbons (Fsp3) is 0.333. The Morgan fingerprint density at radius 1 is 1.13 bits per heavy atom. The van der Waals surface area contributed by atoms with Crippen LogP contribution in [0.25, 0.3) is 0 Å². The van der Waals surface area contributed by atoms with E-state index < -0.39 is 0 Å². The molecular weight excluding hydrogens is 186 g/mol. The van der Waals surface area contributed by atoms with Crippen LogP contribution in [0.2, 0.25) is 0 Å². The van der Waals surface area contributed by atoms with Crippen molar-refractivity contribution in [2.24, 2.45) is 0 Å².